The highest BCUT2D eigenvalue weighted by Gasteiger charge is 2.90. The Labute approximate surface area is 198 Å². The number of ether oxygens (including phenoxy) is 1. The van der Waals surface area contributed by atoms with Crippen molar-refractivity contribution in [1.29, 1.82) is 0 Å². The van der Waals surface area contributed by atoms with Crippen molar-refractivity contribution < 1.29 is 44.7 Å². The van der Waals surface area contributed by atoms with E-state index in [1.165, 1.54) is 44.1 Å². The normalized spacial score (nSPS) is 44.8. The number of Topliss-reactive ketones (excluding diaryl/α,β-unsaturated/α-hetero) is 2. The molecule has 1 amide bonds. The average Bonchev–Trinajstić information content (AvgIpc) is 2.85. The quantitative estimate of drug-likeness (QED) is 0.211. The highest BCUT2D eigenvalue weighted by Crippen LogP contribution is 2.72. The Morgan fingerprint density at radius 1 is 1.21 bits per heavy atom. The van der Waals surface area contributed by atoms with Gasteiger partial charge in [0.2, 0.25) is 5.79 Å². The van der Waals surface area contributed by atoms with E-state index in [4.69, 9.17) is 22.1 Å². The lowest BCUT2D eigenvalue weighted by molar-refractivity contribution is -0.328. The number of carbonyl (C=O) groups is 3. The van der Waals surface area contributed by atoms with Gasteiger partial charge >= 0.3 is 0 Å². The van der Waals surface area contributed by atoms with Crippen molar-refractivity contribution in [3.8, 4) is 5.75 Å². The number of phenolic OH excluding ortho intramolecular Hbond substituents is 1. The maximum Gasteiger partial charge on any atom is 0.255 e. The van der Waals surface area contributed by atoms with Crippen LogP contribution in [0.5, 0.6) is 5.75 Å². The summed E-state index contributed by atoms with van der Waals surface area (Å²) in [7, 11) is 2.85. The van der Waals surface area contributed by atoms with E-state index in [1.807, 2.05) is 0 Å². The summed E-state index contributed by atoms with van der Waals surface area (Å²) in [5, 5.41) is 57.1. The first-order valence-corrected chi connectivity index (χ1v) is 10.8. The minimum absolute atomic E-state index is 0.0855. The van der Waals surface area contributed by atoms with Crippen LogP contribution in [0, 0.1) is 11.8 Å². The van der Waals surface area contributed by atoms with Crippen LogP contribution < -0.4 is 5.73 Å². The highest BCUT2D eigenvalue weighted by atomic mass is 35.5. The van der Waals surface area contributed by atoms with Crippen LogP contribution >= 0.6 is 11.6 Å². The number of benzene rings is 1. The van der Waals surface area contributed by atoms with Gasteiger partial charge in [0, 0.05) is 5.92 Å². The second kappa shape index (κ2) is 6.36. The predicted octanol–water partition coefficient (Wildman–Crippen LogP) is -1.35. The summed E-state index contributed by atoms with van der Waals surface area (Å²) < 4.78 is 5.95. The van der Waals surface area contributed by atoms with Gasteiger partial charge in [-0.05, 0) is 32.6 Å². The van der Waals surface area contributed by atoms with Gasteiger partial charge in [-0.2, -0.15) is 0 Å². The van der Waals surface area contributed by atoms with Crippen LogP contribution in [0.3, 0.4) is 0 Å². The first-order chi connectivity index (χ1) is 15.6. The number of likely N-dealkylation sites (N-methyl/N-ethyl adjacent to an activating group) is 1. The minimum Gasteiger partial charge on any atom is -0.508 e. The van der Waals surface area contributed by atoms with E-state index in [0.29, 0.717) is 0 Å². The average molecular weight is 495 g/mol. The largest absolute Gasteiger partial charge is 0.508 e. The summed E-state index contributed by atoms with van der Waals surface area (Å²) in [4.78, 5) is 37.7. The molecule has 182 valence electrons. The first-order valence-electron chi connectivity index (χ1n) is 10.5. The number of halogens is 1. The maximum absolute atomic E-state index is 13.7. The molecule has 4 aliphatic rings. The number of alkyl halides is 1. The number of fused-ring (bicyclic) bond motifs is 4. The SMILES string of the molecule is CN(C)[C@@H]1C(=O)C(C(N)=O)=C(O)[C@@]2(O)[C@H]1[C@@H](O)[C@@H]1[C@@]3(C)O[C@]2(O)[C@]1(Cl)C(=O)c1c(O)cccc13. The Kier molecular flexibility index (Phi) is 4.34. The Morgan fingerprint density at radius 3 is 2.38 bits per heavy atom. The number of ketones is 2. The van der Waals surface area contributed by atoms with Gasteiger partial charge in [-0.3, -0.25) is 19.3 Å². The van der Waals surface area contributed by atoms with E-state index >= 15 is 0 Å². The number of aliphatic hydroxyl groups is 4. The summed E-state index contributed by atoms with van der Waals surface area (Å²) in [6, 6.07) is 2.63. The molecular weight excluding hydrogens is 472 g/mol. The monoisotopic (exact) mass is 494 g/mol. The minimum atomic E-state index is -3.16. The summed E-state index contributed by atoms with van der Waals surface area (Å²) in [6.45, 7) is 1.41. The fourth-order valence-electron chi connectivity index (χ4n) is 6.67. The Balaban J connectivity index is 1.91. The van der Waals surface area contributed by atoms with Crippen LogP contribution in [0.25, 0.3) is 0 Å². The van der Waals surface area contributed by atoms with Crippen molar-refractivity contribution in [2.45, 2.75) is 40.9 Å². The Morgan fingerprint density at radius 2 is 1.82 bits per heavy atom. The number of aromatic hydroxyl groups is 1. The zero-order chi connectivity index (χ0) is 25.3. The number of nitrogens with two attached hydrogens (primary N) is 1. The number of carbonyl (C=O) groups excluding carboxylic acids is 3. The molecule has 0 radical (unpaired) electrons. The van der Waals surface area contributed by atoms with Crippen LogP contribution in [0.2, 0.25) is 0 Å². The lowest BCUT2D eigenvalue weighted by Crippen LogP contribution is -2.81. The molecule has 5 rings (SSSR count). The third-order valence-electron chi connectivity index (χ3n) is 7.97. The van der Waals surface area contributed by atoms with Crippen molar-refractivity contribution >= 4 is 29.1 Å². The second-order valence-electron chi connectivity index (χ2n) is 9.71. The van der Waals surface area contributed by atoms with E-state index in [0.717, 1.165) is 0 Å². The predicted molar refractivity (Wildman–Crippen MR) is 114 cm³/mol. The third kappa shape index (κ3) is 2.07. The van der Waals surface area contributed by atoms with E-state index in [2.05, 4.69) is 0 Å². The number of nitrogens with zero attached hydrogens (tertiary/aromatic N) is 1. The number of amides is 1. The molecule has 1 heterocycles. The molecule has 11 nitrogen and oxygen atoms in total. The molecular formula is C22H23ClN2O9. The van der Waals surface area contributed by atoms with E-state index in [-0.39, 0.29) is 11.1 Å². The summed E-state index contributed by atoms with van der Waals surface area (Å²) in [6.07, 6.45) is -1.82. The maximum atomic E-state index is 13.7. The van der Waals surface area contributed by atoms with Gasteiger partial charge in [0.15, 0.2) is 22.0 Å². The topological polar surface area (TPSA) is 191 Å². The molecule has 1 aromatic carbocycles. The molecule has 4 bridgehead atoms. The molecule has 8 atom stereocenters. The van der Waals surface area contributed by atoms with Gasteiger partial charge in [0.05, 0.1) is 23.6 Å². The van der Waals surface area contributed by atoms with Gasteiger partial charge in [0.25, 0.3) is 5.91 Å². The molecule has 0 aromatic heterocycles. The fourth-order valence-corrected chi connectivity index (χ4v) is 7.28. The number of aliphatic hydroxyl groups excluding tert-OH is 2. The van der Waals surface area contributed by atoms with E-state index in [9.17, 15) is 39.9 Å². The molecule has 1 aliphatic heterocycles. The van der Waals surface area contributed by atoms with Crippen LogP contribution in [0.1, 0.15) is 22.8 Å². The smallest absolute Gasteiger partial charge is 0.255 e. The standard InChI is InChI=1S/C22H23ClN2O9/c1-19-7-5-4-6-8(26)9(7)16(29)20(23)15(19)14(28)11-12(25(2)3)13(27)10(18(24)31)17(30)21(11,32)22(20,33)34-19/h4-6,11-12,14-15,26,28,30,32-33H,1-3H3,(H2,24,31)/t11-,12+,14-,15-,19+,20-,21+,22-/m1/s1. The molecule has 7 N–H and O–H groups in total. The lowest BCUT2D eigenvalue weighted by atomic mass is 9.50. The number of primary amides is 1. The fraction of sp³-hybridized carbons (Fsp3) is 0.500. The zero-order valence-electron chi connectivity index (χ0n) is 18.3. The van der Waals surface area contributed by atoms with Crippen LogP contribution in [0.4, 0.5) is 0 Å². The number of hydrogen-bond donors (Lipinski definition) is 6. The van der Waals surface area contributed by atoms with Crippen molar-refractivity contribution in [2.24, 2.45) is 17.6 Å². The van der Waals surface area contributed by atoms with Gasteiger partial charge < -0.3 is 36.0 Å². The summed E-state index contributed by atoms with van der Waals surface area (Å²) in [5.41, 5.74) is -0.775. The molecule has 0 unspecified atom stereocenters. The van der Waals surface area contributed by atoms with Crippen LogP contribution in [-0.2, 0) is 19.9 Å². The highest BCUT2D eigenvalue weighted by molar-refractivity contribution is 6.41. The van der Waals surface area contributed by atoms with E-state index < -0.39 is 80.4 Å². The number of phenols is 1. The number of rotatable bonds is 2. The van der Waals surface area contributed by atoms with Gasteiger partial charge in [0.1, 0.15) is 22.7 Å². The summed E-state index contributed by atoms with van der Waals surface area (Å²) in [5.74, 6) is -11.6. The van der Waals surface area contributed by atoms with Crippen molar-refractivity contribution in [2.75, 3.05) is 14.1 Å². The third-order valence-corrected chi connectivity index (χ3v) is 8.64. The van der Waals surface area contributed by atoms with Crippen LogP contribution in [-0.4, -0.2) is 90.4 Å². The van der Waals surface area contributed by atoms with E-state index in [1.54, 1.807) is 0 Å². The van der Waals surface area contributed by atoms with Gasteiger partial charge in [-0.15, -0.1) is 11.6 Å². The Bertz CT molecular complexity index is 1230. The van der Waals surface area contributed by atoms with Gasteiger partial charge in [-0.25, -0.2) is 0 Å². The van der Waals surface area contributed by atoms with Crippen LogP contribution in [0.15, 0.2) is 29.5 Å². The van der Waals surface area contributed by atoms with Crippen molar-refractivity contribution in [1.82, 2.24) is 4.90 Å². The molecule has 34 heavy (non-hydrogen) atoms. The molecule has 12 heteroatoms. The molecule has 1 saturated heterocycles. The summed E-state index contributed by atoms with van der Waals surface area (Å²) >= 11 is 6.81. The second-order valence-corrected chi connectivity index (χ2v) is 10.3. The van der Waals surface area contributed by atoms with Crippen molar-refractivity contribution in [3.63, 3.8) is 0 Å². The van der Waals surface area contributed by atoms with Crippen molar-refractivity contribution in [3.05, 3.63) is 40.7 Å². The first kappa shape index (κ1) is 23.2. The number of hydrogen-bond acceptors (Lipinski definition) is 10. The lowest BCUT2D eigenvalue weighted by Gasteiger charge is -2.59. The molecule has 3 aliphatic carbocycles. The molecule has 1 saturated carbocycles. The zero-order valence-corrected chi connectivity index (χ0v) is 19.1. The Hall–Kier alpha value is -2.54. The van der Waals surface area contributed by atoms with Gasteiger partial charge in [-0.1, -0.05) is 12.1 Å². The molecule has 0 spiro atoms. The molecule has 2 fully saturated rings. The molecule has 1 aromatic rings.